The number of alkyl halides is 3. The van der Waals surface area contributed by atoms with Crippen molar-refractivity contribution in [2.24, 2.45) is 0 Å². The summed E-state index contributed by atoms with van der Waals surface area (Å²) in [4.78, 5) is 0. The number of methoxy groups -OCH3 is 2. The molecule has 1 atom stereocenters. The summed E-state index contributed by atoms with van der Waals surface area (Å²) in [5.41, 5.74) is 2.41. The third kappa shape index (κ3) is 3.96. The molecule has 26 heavy (non-hydrogen) atoms. The Morgan fingerprint density at radius 3 is 2.50 bits per heavy atom. The van der Waals surface area contributed by atoms with E-state index in [-0.39, 0.29) is 6.04 Å². The third-order valence-electron chi connectivity index (χ3n) is 4.78. The van der Waals surface area contributed by atoms with Crippen LogP contribution in [0.5, 0.6) is 11.5 Å². The Labute approximate surface area is 151 Å². The van der Waals surface area contributed by atoms with Crippen molar-refractivity contribution in [3.05, 3.63) is 58.7 Å². The Balaban J connectivity index is 1.79. The van der Waals surface area contributed by atoms with Gasteiger partial charge in [-0.25, -0.2) is 0 Å². The van der Waals surface area contributed by atoms with Crippen LogP contribution in [0.1, 0.15) is 34.7 Å². The molecule has 1 heterocycles. The highest BCUT2D eigenvalue weighted by molar-refractivity contribution is 5.49. The Morgan fingerprint density at radius 1 is 1.08 bits per heavy atom. The van der Waals surface area contributed by atoms with Crippen LogP contribution in [0.25, 0.3) is 0 Å². The monoisotopic (exact) mass is 365 g/mol. The van der Waals surface area contributed by atoms with Crippen LogP contribution in [0.4, 0.5) is 13.2 Å². The van der Waals surface area contributed by atoms with Crippen LogP contribution in [0.3, 0.4) is 0 Å². The highest BCUT2D eigenvalue weighted by Crippen LogP contribution is 2.37. The number of nitrogens with one attached hydrogen (secondary N) is 1. The molecule has 0 fully saturated rings. The summed E-state index contributed by atoms with van der Waals surface area (Å²) in [5, 5.41) is 3.46. The molecule has 0 spiro atoms. The summed E-state index contributed by atoms with van der Waals surface area (Å²) in [7, 11) is 3.20. The smallest absolute Gasteiger partial charge is 0.416 e. The first-order valence-electron chi connectivity index (χ1n) is 8.56. The second-order valence-corrected chi connectivity index (χ2v) is 6.40. The molecule has 0 radical (unpaired) electrons. The van der Waals surface area contributed by atoms with E-state index in [0.29, 0.717) is 29.9 Å². The van der Waals surface area contributed by atoms with Crippen molar-refractivity contribution >= 4 is 0 Å². The number of hydrogen-bond acceptors (Lipinski definition) is 3. The molecule has 140 valence electrons. The van der Waals surface area contributed by atoms with E-state index in [1.54, 1.807) is 20.3 Å². The molecule has 2 aromatic carbocycles. The zero-order chi connectivity index (χ0) is 18.7. The van der Waals surface area contributed by atoms with E-state index in [0.717, 1.165) is 24.6 Å². The van der Waals surface area contributed by atoms with Crippen LogP contribution in [0.2, 0.25) is 0 Å². The van der Waals surface area contributed by atoms with Crippen molar-refractivity contribution in [2.75, 3.05) is 20.8 Å². The maximum atomic E-state index is 12.9. The van der Waals surface area contributed by atoms with Gasteiger partial charge < -0.3 is 14.8 Å². The molecule has 0 unspecified atom stereocenters. The minimum absolute atomic E-state index is 0.0769. The van der Waals surface area contributed by atoms with E-state index in [9.17, 15) is 13.2 Å². The normalized spacial score (nSPS) is 16.9. The van der Waals surface area contributed by atoms with Gasteiger partial charge >= 0.3 is 6.18 Å². The minimum atomic E-state index is -4.31. The lowest BCUT2D eigenvalue weighted by Crippen LogP contribution is -2.30. The number of aryl methyl sites for hydroxylation is 1. The summed E-state index contributed by atoms with van der Waals surface area (Å²) < 4.78 is 49.4. The predicted octanol–water partition coefficient (Wildman–Crippen LogP) is 4.54. The molecule has 0 saturated carbocycles. The summed E-state index contributed by atoms with van der Waals surface area (Å²) >= 11 is 0. The molecule has 3 rings (SSSR count). The van der Waals surface area contributed by atoms with Gasteiger partial charge in [-0.1, -0.05) is 18.2 Å². The van der Waals surface area contributed by atoms with E-state index in [4.69, 9.17) is 9.47 Å². The maximum Gasteiger partial charge on any atom is 0.416 e. The first kappa shape index (κ1) is 18.6. The first-order chi connectivity index (χ1) is 12.4. The van der Waals surface area contributed by atoms with Gasteiger partial charge in [0.05, 0.1) is 19.8 Å². The van der Waals surface area contributed by atoms with Gasteiger partial charge in [0, 0.05) is 6.04 Å². The quantitative estimate of drug-likeness (QED) is 0.844. The van der Waals surface area contributed by atoms with Crippen molar-refractivity contribution in [1.82, 2.24) is 5.32 Å². The Morgan fingerprint density at radius 2 is 1.81 bits per heavy atom. The molecule has 0 aliphatic carbocycles. The van der Waals surface area contributed by atoms with Crippen molar-refractivity contribution in [1.29, 1.82) is 0 Å². The minimum Gasteiger partial charge on any atom is -0.493 e. The van der Waals surface area contributed by atoms with Gasteiger partial charge in [0.2, 0.25) is 0 Å². The van der Waals surface area contributed by atoms with Crippen LogP contribution < -0.4 is 14.8 Å². The molecule has 1 aliphatic heterocycles. The number of ether oxygens (including phenoxy) is 2. The van der Waals surface area contributed by atoms with E-state index < -0.39 is 11.7 Å². The van der Waals surface area contributed by atoms with Gasteiger partial charge in [-0.15, -0.1) is 0 Å². The van der Waals surface area contributed by atoms with Crippen LogP contribution in [0.15, 0.2) is 36.4 Å². The maximum absolute atomic E-state index is 12.9. The molecule has 1 aliphatic rings. The Kier molecular flexibility index (Phi) is 5.41. The van der Waals surface area contributed by atoms with E-state index in [1.807, 2.05) is 12.1 Å². The molecular formula is C20H22F3NO2. The van der Waals surface area contributed by atoms with Crippen molar-refractivity contribution in [2.45, 2.75) is 31.5 Å². The number of hydrogen-bond donors (Lipinski definition) is 1. The van der Waals surface area contributed by atoms with Crippen molar-refractivity contribution in [3.63, 3.8) is 0 Å². The number of halogens is 3. The lowest BCUT2D eigenvalue weighted by Gasteiger charge is -2.28. The standard InChI is InChI=1S/C20H22F3NO2/c1-25-18-11-14-8-9-24-17(16(14)12-19(18)26-2)7-6-13-4-3-5-15(10-13)20(21,22)23/h3-5,10-12,17,24H,6-9H2,1-2H3/t17-/m0/s1. The largest absolute Gasteiger partial charge is 0.493 e. The number of rotatable bonds is 5. The van der Waals surface area contributed by atoms with Gasteiger partial charge in [-0.05, 0) is 60.7 Å². The van der Waals surface area contributed by atoms with E-state index >= 15 is 0 Å². The van der Waals surface area contributed by atoms with Crippen LogP contribution >= 0.6 is 0 Å². The predicted molar refractivity (Wildman–Crippen MR) is 93.8 cm³/mol. The summed E-state index contributed by atoms with van der Waals surface area (Å²) in [6.07, 6.45) is -2.15. The molecule has 1 N–H and O–H groups in total. The summed E-state index contributed by atoms with van der Waals surface area (Å²) in [6, 6.07) is 9.59. The zero-order valence-corrected chi connectivity index (χ0v) is 14.8. The fourth-order valence-electron chi connectivity index (χ4n) is 3.44. The van der Waals surface area contributed by atoms with E-state index in [1.165, 1.54) is 17.7 Å². The fourth-order valence-corrected chi connectivity index (χ4v) is 3.44. The molecule has 0 saturated heterocycles. The Hall–Kier alpha value is -2.21. The van der Waals surface area contributed by atoms with Gasteiger partial charge in [0.15, 0.2) is 11.5 Å². The number of benzene rings is 2. The molecular weight excluding hydrogens is 343 g/mol. The second kappa shape index (κ2) is 7.58. The van der Waals surface area contributed by atoms with Crippen LogP contribution in [0, 0.1) is 0 Å². The van der Waals surface area contributed by atoms with Crippen molar-refractivity contribution in [3.8, 4) is 11.5 Å². The van der Waals surface area contributed by atoms with Gasteiger partial charge in [-0.3, -0.25) is 0 Å². The van der Waals surface area contributed by atoms with E-state index in [2.05, 4.69) is 5.32 Å². The zero-order valence-electron chi connectivity index (χ0n) is 14.8. The molecule has 6 heteroatoms. The SMILES string of the molecule is COc1cc2c(cc1OC)[C@H](CCc1cccc(C(F)(F)F)c1)NCC2. The lowest BCUT2D eigenvalue weighted by atomic mass is 9.90. The summed E-state index contributed by atoms with van der Waals surface area (Å²) in [5.74, 6) is 1.36. The van der Waals surface area contributed by atoms with Crippen LogP contribution in [-0.4, -0.2) is 20.8 Å². The molecule has 0 amide bonds. The molecule has 0 aromatic heterocycles. The molecule has 0 bridgehead atoms. The second-order valence-electron chi connectivity index (χ2n) is 6.40. The highest BCUT2D eigenvalue weighted by atomic mass is 19.4. The van der Waals surface area contributed by atoms with Crippen LogP contribution in [-0.2, 0) is 19.0 Å². The average Bonchev–Trinajstić information content (AvgIpc) is 2.64. The third-order valence-corrected chi connectivity index (χ3v) is 4.78. The highest BCUT2D eigenvalue weighted by Gasteiger charge is 2.30. The topological polar surface area (TPSA) is 30.5 Å². The molecule has 3 nitrogen and oxygen atoms in total. The van der Waals surface area contributed by atoms with Gasteiger partial charge in [0.1, 0.15) is 0 Å². The number of fused-ring (bicyclic) bond motifs is 1. The van der Waals surface area contributed by atoms with Crippen molar-refractivity contribution < 1.29 is 22.6 Å². The average molecular weight is 365 g/mol. The summed E-state index contributed by atoms with van der Waals surface area (Å²) in [6.45, 7) is 0.829. The van der Waals surface area contributed by atoms with Gasteiger partial charge in [0.25, 0.3) is 0 Å². The van der Waals surface area contributed by atoms with Gasteiger partial charge in [-0.2, -0.15) is 13.2 Å². The molecule has 2 aromatic rings. The lowest BCUT2D eigenvalue weighted by molar-refractivity contribution is -0.137. The fraction of sp³-hybridized carbons (Fsp3) is 0.400. The Bertz CT molecular complexity index is 774. The first-order valence-corrected chi connectivity index (χ1v) is 8.56.